The second kappa shape index (κ2) is 6.52. The molecule has 0 unspecified atom stereocenters. The fourth-order valence-corrected chi connectivity index (χ4v) is 3.15. The van der Waals surface area contributed by atoms with E-state index in [0.29, 0.717) is 22.5 Å². The highest BCUT2D eigenvalue weighted by molar-refractivity contribution is 6.19. The van der Waals surface area contributed by atoms with Gasteiger partial charge < -0.3 is 9.15 Å². The summed E-state index contributed by atoms with van der Waals surface area (Å²) in [6.45, 7) is 1.98. The highest BCUT2D eigenvalue weighted by Gasteiger charge is 2.23. The first-order chi connectivity index (χ1) is 12.7. The van der Waals surface area contributed by atoms with Crippen molar-refractivity contribution in [1.29, 1.82) is 0 Å². The van der Waals surface area contributed by atoms with Crippen molar-refractivity contribution in [3.8, 4) is 17.1 Å². The molecule has 3 aromatic carbocycles. The van der Waals surface area contributed by atoms with E-state index in [2.05, 4.69) is 0 Å². The Morgan fingerprint density at radius 2 is 1.69 bits per heavy atom. The van der Waals surface area contributed by atoms with Gasteiger partial charge in [0.25, 0.3) is 0 Å². The molecule has 0 fully saturated rings. The smallest absolute Gasteiger partial charge is 0.197 e. The summed E-state index contributed by atoms with van der Waals surface area (Å²) in [5.74, 6) is 1.31. The van der Waals surface area contributed by atoms with E-state index in [1.165, 1.54) is 0 Å². The van der Waals surface area contributed by atoms with Crippen LogP contribution in [0.15, 0.2) is 77.2 Å². The number of hydrogen-bond donors (Lipinski definition) is 0. The molecule has 0 spiro atoms. The highest BCUT2D eigenvalue weighted by Crippen LogP contribution is 2.35. The van der Waals surface area contributed by atoms with E-state index in [1.54, 1.807) is 7.11 Å². The molecule has 26 heavy (non-hydrogen) atoms. The molecule has 0 saturated heterocycles. The van der Waals surface area contributed by atoms with Crippen molar-refractivity contribution in [2.45, 2.75) is 6.92 Å². The molecule has 4 aromatic rings. The van der Waals surface area contributed by atoms with Crippen molar-refractivity contribution >= 4 is 16.8 Å². The number of ketones is 1. The van der Waals surface area contributed by atoms with Gasteiger partial charge in [0.2, 0.25) is 0 Å². The first-order valence-corrected chi connectivity index (χ1v) is 8.44. The van der Waals surface area contributed by atoms with E-state index < -0.39 is 0 Å². The Hall–Kier alpha value is -3.33. The fraction of sp³-hybridized carbons (Fsp3) is 0.0870. The number of carbonyl (C=O) groups is 1. The zero-order chi connectivity index (χ0) is 18.1. The third-order valence-corrected chi connectivity index (χ3v) is 4.46. The predicted octanol–water partition coefficient (Wildman–Crippen LogP) is 5.65. The lowest BCUT2D eigenvalue weighted by atomic mass is 9.96. The highest BCUT2D eigenvalue weighted by atomic mass is 16.5. The third kappa shape index (κ3) is 2.78. The molecule has 1 aromatic heterocycles. The standard InChI is InChI=1S/C23H18O3/c1-15-6-5-7-17(14-15)22(24)21-19-8-3-4-9-20(19)26-23(21)16-10-12-18(25-2)13-11-16/h3-14H,1-2H3. The number of fused-ring (bicyclic) bond motifs is 1. The van der Waals surface area contributed by atoms with E-state index in [-0.39, 0.29) is 5.78 Å². The molecular formula is C23H18O3. The van der Waals surface area contributed by atoms with E-state index in [1.807, 2.05) is 79.7 Å². The normalized spacial score (nSPS) is 10.8. The summed E-state index contributed by atoms with van der Waals surface area (Å²) in [7, 11) is 1.63. The molecule has 0 atom stereocenters. The van der Waals surface area contributed by atoms with Crippen molar-refractivity contribution in [1.82, 2.24) is 0 Å². The molecule has 0 radical (unpaired) electrons. The second-order valence-corrected chi connectivity index (χ2v) is 6.23. The van der Waals surface area contributed by atoms with Gasteiger partial charge >= 0.3 is 0 Å². The molecule has 0 bridgehead atoms. The van der Waals surface area contributed by atoms with Gasteiger partial charge in [0.1, 0.15) is 17.1 Å². The summed E-state index contributed by atoms with van der Waals surface area (Å²) in [6, 6.07) is 22.8. The average molecular weight is 342 g/mol. The van der Waals surface area contributed by atoms with Crippen molar-refractivity contribution < 1.29 is 13.9 Å². The minimum atomic E-state index is -0.0375. The number of para-hydroxylation sites is 1. The van der Waals surface area contributed by atoms with Gasteiger partial charge in [-0.3, -0.25) is 4.79 Å². The van der Waals surface area contributed by atoms with Crippen LogP contribution in [0.1, 0.15) is 21.5 Å². The molecule has 0 N–H and O–H groups in total. The zero-order valence-corrected chi connectivity index (χ0v) is 14.7. The Morgan fingerprint density at radius 1 is 0.923 bits per heavy atom. The van der Waals surface area contributed by atoms with Crippen LogP contribution < -0.4 is 4.74 Å². The number of benzene rings is 3. The van der Waals surface area contributed by atoms with Gasteiger partial charge in [-0.25, -0.2) is 0 Å². The van der Waals surface area contributed by atoms with Crippen molar-refractivity contribution in [2.75, 3.05) is 7.11 Å². The Kier molecular flexibility index (Phi) is 4.05. The van der Waals surface area contributed by atoms with Crippen LogP contribution in [-0.2, 0) is 0 Å². The maximum atomic E-state index is 13.3. The Morgan fingerprint density at radius 3 is 2.42 bits per heavy atom. The van der Waals surface area contributed by atoms with E-state index in [0.717, 1.165) is 22.3 Å². The quantitative estimate of drug-likeness (QED) is 0.450. The maximum Gasteiger partial charge on any atom is 0.197 e. The molecule has 3 heteroatoms. The minimum absolute atomic E-state index is 0.0375. The van der Waals surface area contributed by atoms with Gasteiger partial charge in [0.05, 0.1) is 12.7 Å². The minimum Gasteiger partial charge on any atom is -0.497 e. The molecule has 4 rings (SSSR count). The molecular weight excluding hydrogens is 324 g/mol. The molecule has 0 amide bonds. The van der Waals surface area contributed by atoms with E-state index in [9.17, 15) is 4.79 Å². The lowest BCUT2D eigenvalue weighted by Crippen LogP contribution is -2.02. The van der Waals surface area contributed by atoms with Crippen LogP contribution in [0.25, 0.3) is 22.3 Å². The van der Waals surface area contributed by atoms with Crippen LogP contribution in [0.4, 0.5) is 0 Å². The largest absolute Gasteiger partial charge is 0.497 e. The van der Waals surface area contributed by atoms with Crippen molar-refractivity contribution in [3.63, 3.8) is 0 Å². The van der Waals surface area contributed by atoms with Crippen LogP contribution in [0.3, 0.4) is 0 Å². The molecule has 0 aliphatic rings. The average Bonchev–Trinajstić information content (AvgIpc) is 3.07. The molecule has 0 saturated carbocycles. The summed E-state index contributed by atoms with van der Waals surface area (Å²) < 4.78 is 11.3. The molecule has 0 aliphatic heterocycles. The lowest BCUT2D eigenvalue weighted by Gasteiger charge is -2.05. The van der Waals surface area contributed by atoms with Gasteiger partial charge in [-0.2, -0.15) is 0 Å². The Balaban J connectivity index is 1.93. The topological polar surface area (TPSA) is 39.4 Å². The number of rotatable bonds is 4. The van der Waals surface area contributed by atoms with Crippen molar-refractivity contribution in [3.05, 3.63) is 89.5 Å². The SMILES string of the molecule is COc1ccc(-c2oc3ccccc3c2C(=O)c2cccc(C)c2)cc1. The summed E-state index contributed by atoms with van der Waals surface area (Å²) in [5, 5.41) is 0.824. The number of carbonyl (C=O) groups excluding carboxylic acids is 1. The van der Waals surface area contributed by atoms with Gasteiger partial charge in [-0.1, -0.05) is 42.0 Å². The Labute approximate surface area is 151 Å². The summed E-state index contributed by atoms with van der Waals surface area (Å²) in [4.78, 5) is 13.3. The Bertz CT molecular complexity index is 1090. The van der Waals surface area contributed by atoms with Gasteiger partial charge in [0, 0.05) is 16.5 Å². The van der Waals surface area contributed by atoms with Gasteiger partial charge in [0.15, 0.2) is 5.78 Å². The van der Waals surface area contributed by atoms with Crippen molar-refractivity contribution in [2.24, 2.45) is 0 Å². The van der Waals surface area contributed by atoms with Crippen LogP contribution in [0.2, 0.25) is 0 Å². The zero-order valence-electron chi connectivity index (χ0n) is 14.7. The lowest BCUT2D eigenvalue weighted by molar-refractivity contribution is 0.104. The number of ether oxygens (including phenoxy) is 1. The van der Waals surface area contributed by atoms with E-state index in [4.69, 9.17) is 9.15 Å². The first-order valence-electron chi connectivity index (χ1n) is 8.44. The number of methoxy groups -OCH3 is 1. The first kappa shape index (κ1) is 16.2. The van der Waals surface area contributed by atoms with Gasteiger partial charge in [-0.15, -0.1) is 0 Å². The van der Waals surface area contributed by atoms with Crippen LogP contribution >= 0.6 is 0 Å². The molecule has 0 aliphatic carbocycles. The third-order valence-electron chi connectivity index (χ3n) is 4.46. The van der Waals surface area contributed by atoms with Gasteiger partial charge in [-0.05, 0) is 43.3 Å². The van der Waals surface area contributed by atoms with Crippen LogP contribution in [0.5, 0.6) is 5.75 Å². The molecule has 1 heterocycles. The number of aryl methyl sites for hydroxylation is 1. The van der Waals surface area contributed by atoms with Crippen LogP contribution in [-0.4, -0.2) is 12.9 Å². The second-order valence-electron chi connectivity index (χ2n) is 6.23. The summed E-state index contributed by atoms with van der Waals surface area (Å²) in [5.41, 5.74) is 3.85. The monoisotopic (exact) mass is 342 g/mol. The predicted molar refractivity (Wildman–Crippen MR) is 103 cm³/mol. The van der Waals surface area contributed by atoms with Crippen LogP contribution in [0, 0.1) is 6.92 Å². The summed E-state index contributed by atoms with van der Waals surface area (Å²) in [6.07, 6.45) is 0. The number of furan rings is 1. The maximum absolute atomic E-state index is 13.3. The number of hydrogen-bond acceptors (Lipinski definition) is 3. The summed E-state index contributed by atoms with van der Waals surface area (Å²) >= 11 is 0. The van der Waals surface area contributed by atoms with E-state index >= 15 is 0 Å². The molecule has 3 nitrogen and oxygen atoms in total. The fourth-order valence-electron chi connectivity index (χ4n) is 3.15. The molecule has 128 valence electrons.